The van der Waals surface area contributed by atoms with Crippen LogP contribution in [0.5, 0.6) is 0 Å². The summed E-state index contributed by atoms with van der Waals surface area (Å²) < 4.78 is 12.5. The molecule has 0 spiro atoms. The average Bonchev–Trinajstić information content (AvgIpc) is 2.39. The largest absolute Gasteiger partial charge is 0.207 e. The number of halogens is 2. The molecule has 0 unspecified atom stereocenters. The van der Waals surface area contributed by atoms with E-state index >= 15 is 0 Å². The lowest BCUT2D eigenvalue weighted by molar-refractivity contribution is 0.623. The van der Waals surface area contributed by atoms with Crippen LogP contribution in [0, 0.1) is 5.82 Å². The van der Waals surface area contributed by atoms with Crippen molar-refractivity contribution in [3.8, 4) is 0 Å². The lowest BCUT2D eigenvalue weighted by atomic mass is 10.0. The first kappa shape index (κ1) is 16.7. The zero-order chi connectivity index (χ0) is 15.1. The Morgan fingerprint density at radius 3 is 1.90 bits per heavy atom. The molecular weight excluding hydrogens is 271 g/mol. The summed E-state index contributed by atoms with van der Waals surface area (Å²) in [5.74, 6) is 0.788. The smallest absolute Gasteiger partial charge is 0.123 e. The molecule has 0 saturated carbocycles. The zero-order valence-corrected chi connectivity index (χ0v) is 13.3. The monoisotopic (exact) mass is 292 g/mol. The second-order valence-electron chi connectivity index (χ2n) is 5.39. The maximum atomic E-state index is 12.5. The molecule has 0 radical (unpaired) electrons. The molecule has 0 atom stereocenters. The quantitative estimate of drug-likeness (QED) is 0.599. The van der Waals surface area contributed by atoms with Gasteiger partial charge in [0.05, 0.1) is 0 Å². The van der Waals surface area contributed by atoms with Crippen molar-refractivity contribution in [2.45, 2.75) is 39.5 Å². The van der Waals surface area contributed by atoms with Crippen LogP contribution < -0.4 is 0 Å². The van der Waals surface area contributed by atoms with Crippen molar-refractivity contribution in [1.82, 2.24) is 0 Å². The normalized spacial score (nSPS) is 10.4. The third kappa shape index (κ3) is 5.34. The molecule has 0 fully saturated rings. The van der Waals surface area contributed by atoms with E-state index < -0.39 is 0 Å². The molecule has 0 aliphatic heterocycles. The Labute approximate surface area is 126 Å². The van der Waals surface area contributed by atoms with E-state index in [1.807, 2.05) is 24.3 Å². The summed E-state index contributed by atoms with van der Waals surface area (Å²) in [4.78, 5) is 0. The lowest BCUT2D eigenvalue weighted by Gasteiger charge is -2.05. The van der Waals surface area contributed by atoms with Gasteiger partial charge in [-0.25, -0.2) is 4.39 Å². The van der Waals surface area contributed by atoms with Crippen molar-refractivity contribution in [3.05, 3.63) is 70.5 Å². The van der Waals surface area contributed by atoms with E-state index in [1.54, 1.807) is 12.1 Å². The Morgan fingerprint density at radius 1 is 0.850 bits per heavy atom. The topological polar surface area (TPSA) is 0 Å². The number of hydrogen-bond donors (Lipinski definition) is 0. The van der Waals surface area contributed by atoms with Gasteiger partial charge in [-0.1, -0.05) is 69.6 Å². The summed E-state index contributed by atoms with van der Waals surface area (Å²) in [6.07, 6.45) is 0. The van der Waals surface area contributed by atoms with E-state index in [9.17, 15) is 4.39 Å². The predicted octanol–water partition coefficient (Wildman–Crippen LogP) is 6.41. The first-order valence-corrected chi connectivity index (χ1v) is 7.29. The highest BCUT2D eigenvalue weighted by molar-refractivity contribution is 6.31. The molecule has 0 heterocycles. The van der Waals surface area contributed by atoms with E-state index in [4.69, 9.17) is 11.6 Å². The molecule has 0 aliphatic carbocycles. The molecule has 20 heavy (non-hydrogen) atoms. The van der Waals surface area contributed by atoms with Gasteiger partial charge in [0.25, 0.3) is 0 Å². The molecule has 0 aromatic heterocycles. The van der Waals surface area contributed by atoms with Crippen LogP contribution in [0.1, 0.15) is 50.7 Å². The van der Waals surface area contributed by atoms with Crippen molar-refractivity contribution in [2.24, 2.45) is 0 Å². The number of benzene rings is 2. The van der Waals surface area contributed by atoms with Gasteiger partial charge in [-0.15, -0.1) is 0 Å². The van der Waals surface area contributed by atoms with Gasteiger partial charge in [0.2, 0.25) is 0 Å². The van der Waals surface area contributed by atoms with Gasteiger partial charge in [-0.05, 0) is 41.2 Å². The Morgan fingerprint density at radius 2 is 1.50 bits per heavy atom. The molecule has 0 aliphatic rings. The Hall–Kier alpha value is -1.34. The van der Waals surface area contributed by atoms with Gasteiger partial charge >= 0.3 is 0 Å². The molecule has 2 heteroatoms. The van der Waals surface area contributed by atoms with Gasteiger partial charge in [0.15, 0.2) is 0 Å². The molecule has 0 bridgehead atoms. The molecule has 0 saturated heterocycles. The fourth-order valence-electron chi connectivity index (χ4n) is 1.81. The van der Waals surface area contributed by atoms with E-state index in [0.29, 0.717) is 11.8 Å². The standard InChI is InChI=1S/C9H11Cl.C9H11F/c1-7(2)8-5-3-4-6-9(8)10;1-7(2)8-4-3-5-9(10)6-8/h2*3-7H,1-2H3. The van der Waals surface area contributed by atoms with Crippen LogP contribution in [0.25, 0.3) is 0 Å². The summed E-state index contributed by atoms with van der Waals surface area (Å²) >= 11 is 5.92. The fourth-order valence-corrected chi connectivity index (χ4v) is 2.16. The van der Waals surface area contributed by atoms with Gasteiger partial charge in [0.1, 0.15) is 5.82 Å². The molecule has 108 valence electrons. The molecule has 0 amide bonds. The number of hydrogen-bond acceptors (Lipinski definition) is 0. The highest BCUT2D eigenvalue weighted by atomic mass is 35.5. The average molecular weight is 293 g/mol. The second kappa shape index (κ2) is 8.06. The molecule has 0 nitrogen and oxygen atoms in total. The van der Waals surface area contributed by atoms with Crippen molar-refractivity contribution >= 4 is 11.6 Å². The summed E-state index contributed by atoms with van der Waals surface area (Å²) in [7, 11) is 0. The van der Waals surface area contributed by atoms with Crippen molar-refractivity contribution in [2.75, 3.05) is 0 Å². The Kier molecular flexibility index (Phi) is 6.74. The van der Waals surface area contributed by atoms with Gasteiger partial charge in [-0.2, -0.15) is 0 Å². The van der Waals surface area contributed by atoms with Crippen LogP contribution in [-0.2, 0) is 0 Å². The fraction of sp³-hybridized carbons (Fsp3) is 0.333. The predicted molar refractivity (Wildman–Crippen MR) is 86.0 cm³/mol. The second-order valence-corrected chi connectivity index (χ2v) is 5.79. The molecular formula is C18H22ClF. The first-order chi connectivity index (χ1) is 9.41. The van der Waals surface area contributed by atoms with Crippen LogP contribution in [0.4, 0.5) is 4.39 Å². The Balaban J connectivity index is 0.000000200. The van der Waals surface area contributed by atoms with E-state index in [-0.39, 0.29) is 5.82 Å². The highest BCUT2D eigenvalue weighted by Crippen LogP contribution is 2.22. The van der Waals surface area contributed by atoms with Crippen LogP contribution in [0.3, 0.4) is 0 Å². The van der Waals surface area contributed by atoms with Gasteiger partial charge in [-0.3, -0.25) is 0 Å². The van der Waals surface area contributed by atoms with Gasteiger partial charge in [0, 0.05) is 5.02 Å². The van der Waals surface area contributed by atoms with Crippen molar-refractivity contribution in [1.29, 1.82) is 0 Å². The third-order valence-corrected chi connectivity index (χ3v) is 3.39. The summed E-state index contributed by atoms with van der Waals surface area (Å²) in [5, 5.41) is 0.873. The van der Waals surface area contributed by atoms with Crippen LogP contribution in [0.15, 0.2) is 48.5 Å². The van der Waals surface area contributed by atoms with Crippen LogP contribution in [0.2, 0.25) is 5.02 Å². The third-order valence-electron chi connectivity index (χ3n) is 3.04. The molecule has 2 aromatic rings. The van der Waals surface area contributed by atoms with Crippen LogP contribution >= 0.6 is 11.6 Å². The molecule has 2 aromatic carbocycles. The van der Waals surface area contributed by atoms with Gasteiger partial charge < -0.3 is 0 Å². The maximum Gasteiger partial charge on any atom is 0.123 e. The first-order valence-electron chi connectivity index (χ1n) is 6.91. The van der Waals surface area contributed by atoms with E-state index in [1.165, 1.54) is 11.6 Å². The minimum atomic E-state index is -0.147. The highest BCUT2D eigenvalue weighted by Gasteiger charge is 2.01. The summed E-state index contributed by atoms with van der Waals surface area (Å²) in [6, 6.07) is 14.7. The van der Waals surface area contributed by atoms with Crippen molar-refractivity contribution < 1.29 is 4.39 Å². The maximum absolute atomic E-state index is 12.5. The Bertz CT molecular complexity index is 532. The van der Waals surface area contributed by atoms with E-state index in [2.05, 4.69) is 33.8 Å². The van der Waals surface area contributed by atoms with Crippen molar-refractivity contribution in [3.63, 3.8) is 0 Å². The number of rotatable bonds is 2. The van der Waals surface area contributed by atoms with E-state index in [0.717, 1.165) is 10.6 Å². The minimum Gasteiger partial charge on any atom is -0.207 e. The zero-order valence-electron chi connectivity index (χ0n) is 12.5. The summed E-state index contributed by atoms with van der Waals surface area (Å²) in [5.41, 5.74) is 2.28. The minimum absolute atomic E-state index is 0.147. The van der Waals surface area contributed by atoms with Crippen LogP contribution in [-0.4, -0.2) is 0 Å². The SMILES string of the molecule is CC(C)c1cccc(F)c1.CC(C)c1ccccc1Cl. The summed E-state index contributed by atoms with van der Waals surface area (Å²) in [6.45, 7) is 8.38. The molecule has 0 N–H and O–H groups in total. The lowest BCUT2D eigenvalue weighted by Crippen LogP contribution is -1.86. The molecule has 2 rings (SSSR count).